The Hall–Kier alpha value is -2.33. The number of benzene rings is 2. The highest BCUT2D eigenvalue weighted by Crippen LogP contribution is 2.25. The molecule has 1 amide bonds. The van der Waals surface area contributed by atoms with Crippen molar-refractivity contribution in [2.45, 2.75) is 33.2 Å². The van der Waals surface area contributed by atoms with Crippen molar-refractivity contribution in [1.82, 2.24) is 10.6 Å². The highest BCUT2D eigenvalue weighted by atomic mass is 16.5. The lowest BCUT2D eigenvalue weighted by Gasteiger charge is -2.33. The monoisotopic (exact) mass is 366 g/mol. The van der Waals surface area contributed by atoms with Crippen LogP contribution in [0.15, 0.2) is 42.5 Å². The zero-order valence-electron chi connectivity index (χ0n) is 16.7. The van der Waals surface area contributed by atoms with E-state index in [1.807, 2.05) is 25.1 Å². The van der Waals surface area contributed by atoms with E-state index < -0.39 is 0 Å². The lowest BCUT2D eigenvalue weighted by molar-refractivity contribution is -0.127. The lowest BCUT2D eigenvalue weighted by Crippen LogP contribution is -2.50. The van der Waals surface area contributed by atoms with Gasteiger partial charge in [0.05, 0.1) is 13.2 Å². The van der Waals surface area contributed by atoms with E-state index in [0.29, 0.717) is 5.92 Å². The van der Waals surface area contributed by atoms with Crippen molar-refractivity contribution in [3.05, 3.63) is 64.7 Å². The van der Waals surface area contributed by atoms with E-state index in [4.69, 9.17) is 4.74 Å². The molecule has 2 unspecified atom stereocenters. The van der Waals surface area contributed by atoms with Crippen LogP contribution in [-0.4, -0.2) is 26.1 Å². The maximum atomic E-state index is 12.9. The van der Waals surface area contributed by atoms with Crippen LogP contribution in [0.4, 0.5) is 0 Å². The third-order valence-corrected chi connectivity index (χ3v) is 5.47. The summed E-state index contributed by atoms with van der Waals surface area (Å²) < 4.78 is 5.39. The quantitative estimate of drug-likeness (QED) is 0.788. The Kier molecular flexibility index (Phi) is 6.17. The summed E-state index contributed by atoms with van der Waals surface area (Å²) >= 11 is 0. The molecule has 2 aromatic carbocycles. The molecule has 1 saturated heterocycles. The van der Waals surface area contributed by atoms with Crippen LogP contribution in [0.1, 0.15) is 35.2 Å². The van der Waals surface area contributed by atoms with Crippen LogP contribution >= 0.6 is 0 Å². The summed E-state index contributed by atoms with van der Waals surface area (Å²) in [6.45, 7) is 8.11. The number of nitrogens with one attached hydrogen (secondary N) is 2. The number of hydrogen-bond acceptors (Lipinski definition) is 3. The van der Waals surface area contributed by atoms with Gasteiger partial charge in [-0.15, -0.1) is 0 Å². The van der Waals surface area contributed by atoms with Gasteiger partial charge in [-0.05, 0) is 62.5 Å². The third-order valence-electron chi connectivity index (χ3n) is 5.47. The number of methoxy groups -OCH3 is 1. The highest BCUT2D eigenvalue weighted by Gasteiger charge is 2.30. The van der Waals surface area contributed by atoms with Crippen molar-refractivity contribution in [2.24, 2.45) is 11.8 Å². The topological polar surface area (TPSA) is 50.4 Å². The molecule has 2 aromatic rings. The summed E-state index contributed by atoms with van der Waals surface area (Å²) in [7, 11) is 1.67. The van der Waals surface area contributed by atoms with E-state index in [1.54, 1.807) is 7.11 Å². The fourth-order valence-corrected chi connectivity index (χ4v) is 3.71. The second kappa shape index (κ2) is 8.57. The summed E-state index contributed by atoms with van der Waals surface area (Å²) in [5.41, 5.74) is 4.80. The van der Waals surface area contributed by atoms with Crippen molar-refractivity contribution in [1.29, 1.82) is 0 Å². The minimum Gasteiger partial charge on any atom is -0.497 e. The zero-order valence-corrected chi connectivity index (χ0v) is 16.7. The van der Waals surface area contributed by atoms with Crippen LogP contribution in [0.5, 0.6) is 5.75 Å². The van der Waals surface area contributed by atoms with Crippen molar-refractivity contribution >= 4 is 5.91 Å². The molecule has 4 heteroatoms. The molecular weight excluding hydrogens is 336 g/mol. The molecule has 0 spiro atoms. The van der Waals surface area contributed by atoms with E-state index >= 15 is 0 Å². The number of ether oxygens (including phenoxy) is 1. The van der Waals surface area contributed by atoms with Gasteiger partial charge in [-0.2, -0.15) is 0 Å². The number of carbonyl (C=O) groups excluding carboxylic acids is 1. The fraction of sp³-hybridized carbons (Fsp3) is 0.435. The second-order valence-electron chi connectivity index (χ2n) is 7.74. The van der Waals surface area contributed by atoms with Crippen LogP contribution in [0.25, 0.3) is 0 Å². The van der Waals surface area contributed by atoms with E-state index in [-0.39, 0.29) is 17.9 Å². The molecule has 27 heavy (non-hydrogen) atoms. The Labute approximate surface area is 162 Å². The van der Waals surface area contributed by atoms with E-state index in [2.05, 4.69) is 48.7 Å². The van der Waals surface area contributed by atoms with E-state index in [9.17, 15) is 4.79 Å². The molecule has 0 radical (unpaired) electrons. The first-order chi connectivity index (χ1) is 13.0. The Morgan fingerprint density at radius 2 is 1.89 bits per heavy atom. The normalized spacial score (nSPS) is 16.3. The number of amides is 1. The van der Waals surface area contributed by atoms with Gasteiger partial charge < -0.3 is 15.4 Å². The Morgan fingerprint density at radius 3 is 2.48 bits per heavy atom. The second-order valence-corrected chi connectivity index (χ2v) is 7.74. The van der Waals surface area contributed by atoms with Gasteiger partial charge in [-0.25, -0.2) is 0 Å². The van der Waals surface area contributed by atoms with E-state index in [1.165, 1.54) is 16.7 Å². The molecule has 0 aromatic heterocycles. The molecule has 1 aliphatic heterocycles. The molecule has 144 valence electrons. The molecular formula is C23H30N2O2. The summed E-state index contributed by atoms with van der Waals surface area (Å²) in [5, 5.41) is 6.55. The predicted octanol–water partition coefficient (Wildman–Crippen LogP) is 3.57. The molecule has 1 heterocycles. The maximum Gasteiger partial charge on any atom is 0.223 e. The van der Waals surface area contributed by atoms with Crippen molar-refractivity contribution in [3.8, 4) is 5.75 Å². The standard InChI is InChI=1S/C23H30N2O2/c1-15-8-16(2)10-18(9-15)11-22(19-6-5-7-21(12-19)27-4)25-23(26)17(3)20-13-24-14-20/h5-10,12,17,20,22,24H,11,13-14H2,1-4H3,(H,25,26). The first-order valence-electron chi connectivity index (χ1n) is 9.68. The van der Waals surface area contributed by atoms with Crippen LogP contribution in [0.3, 0.4) is 0 Å². The van der Waals surface area contributed by atoms with Gasteiger partial charge in [0.2, 0.25) is 5.91 Å². The van der Waals surface area contributed by atoms with Crippen LogP contribution in [0, 0.1) is 25.7 Å². The number of hydrogen-bond donors (Lipinski definition) is 2. The Balaban J connectivity index is 1.84. The largest absolute Gasteiger partial charge is 0.497 e. The molecule has 2 N–H and O–H groups in total. The van der Waals surface area contributed by atoms with Gasteiger partial charge in [-0.3, -0.25) is 4.79 Å². The van der Waals surface area contributed by atoms with Gasteiger partial charge in [0.15, 0.2) is 0 Å². The van der Waals surface area contributed by atoms with Crippen molar-refractivity contribution in [2.75, 3.05) is 20.2 Å². The highest BCUT2D eigenvalue weighted by molar-refractivity contribution is 5.79. The SMILES string of the molecule is COc1cccc(C(Cc2cc(C)cc(C)c2)NC(=O)C(C)C2CNC2)c1. The molecule has 0 aliphatic carbocycles. The fourth-order valence-electron chi connectivity index (χ4n) is 3.71. The molecule has 0 bridgehead atoms. The first-order valence-corrected chi connectivity index (χ1v) is 9.68. The van der Waals surface area contributed by atoms with Crippen LogP contribution in [0.2, 0.25) is 0 Å². The molecule has 4 nitrogen and oxygen atoms in total. The molecule has 2 atom stereocenters. The number of carbonyl (C=O) groups is 1. The van der Waals surface area contributed by atoms with E-state index in [0.717, 1.165) is 30.8 Å². The summed E-state index contributed by atoms with van der Waals surface area (Å²) in [5.74, 6) is 1.37. The van der Waals surface area contributed by atoms with Crippen molar-refractivity contribution in [3.63, 3.8) is 0 Å². The summed E-state index contributed by atoms with van der Waals surface area (Å²) in [6.07, 6.45) is 0.761. The van der Waals surface area contributed by atoms with Gasteiger partial charge in [-0.1, -0.05) is 48.4 Å². The van der Waals surface area contributed by atoms with Crippen molar-refractivity contribution < 1.29 is 9.53 Å². The smallest absolute Gasteiger partial charge is 0.223 e. The summed E-state index contributed by atoms with van der Waals surface area (Å²) in [6, 6.07) is 14.5. The predicted molar refractivity (Wildman–Crippen MR) is 109 cm³/mol. The molecule has 1 aliphatic rings. The van der Waals surface area contributed by atoms with Gasteiger partial charge in [0, 0.05) is 5.92 Å². The van der Waals surface area contributed by atoms with Crippen LogP contribution < -0.4 is 15.4 Å². The minimum atomic E-state index is -0.0794. The molecule has 1 fully saturated rings. The Morgan fingerprint density at radius 1 is 1.19 bits per heavy atom. The zero-order chi connectivity index (χ0) is 19.4. The average molecular weight is 367 g/mol. The average Bonchev–Trinajstić information content (AvgIpc) is 2.58. The van der Waals surface area contributed by atoms with Gasteiger partial charge >= 0.3 is 0 Å². The third kappa shape index (κ3) is 4.89. The lowest BCUT2D eigenvalue weighted by atomic mass is 9.87. The first kappa shape index (κ1) is 19.4. The van der Waals surface area contributed by atoms with Gasteiger partial charge in [0.1, 0.15) is 5.75 Å². The minimum absolute atomic E-state index is 0.0126. The maximum absolute atomic E-state index is 12.9. The summed E-state index contributed by atoms with van der Waals surface area (Å²) in [4.78, 5) is 12.9. The number of rotatable bonds is 7. The molecule has 3 rings (SSSR count). The van der Waals surface area contributed by atoms with Crippen LogP contribution in [-0.2, 0) is 11.2 Å². The van der Waals surface area contributed by atoms with Gasteiger partial charge in [0.25, 0.3) is 0 Å². The molecule has 0 saturated carbocycles. The Bertz CT molecular complexity index is 778. The number of aryl methyl sites for hydroxylation is 2.